The lowest BCUT2D eigenvalue weighted by Crippen LogP contribution is -2.31. The van der Waals surface area contributed by atoms with Crippen molar-refractivity contribution in [1.82, 2.24) is 4.31 Å². The molecule has 0 radical (unpaired) electrons. The predicted molar refractivity (Wildman–Crippen MR) is 59.3 cm³/mol. The van der Waals surface area contributed by atoms with Gasteiger partial charge in [-0.3, -0.25) is 0 Å². The summed E-state index contributed by atoms with van der Waals surface area (Å²) >= 11 is 6.47. The Balaban J connectivity index is 4.05. The Hall–Kier alpha value is 0.200. The van der Waals surface area contributed by atoms with Gasteiger partial charge in [0, 0.05) is 24.0 Å². The summed E-state index contributed by atoms with van der Waals surface area (Å²) < 4.78 is 7.73. The van der Waals surface area contributed by atoms with Crippen molar-refractivity contribution in [1.29, 1.82) is 0 Å². The molecule has 0 aromatic rings. The Morgan fingerprint density at radius 2 is 1.67 bits per heavy atom. The second kappa shape index (κ2) is 5.78. The standard InChI is InChI=1S/C8H17NOS2/c1-6(2)9(7(3)4)12-8(11)10-5/h6-7H,1-5H3. The van der Waals surface area contributed by atoms with Gasteiger partial charge in [-0.05, 0) is 39.9 Å². The highest BCUT2D eigenvalue weighted by Crippen LogP contribution is 2.19. The Bertz CT molecular complexity index is 140. The van der Waals surface area contributed by atoms with E-state index in [-0.39, 0.29) is 0 Å². The largest absolute Gasteiger partial charge is 0.481 e. The monoisotopic (exact) mass is 207 g/mol. The molecular formula is C8H17NOS2. The van der Waals surface area contributed by atoms with Crippen molar-refractivity contribution in [3.05, 3.63) is 0 Å². The molecule has 0 saturated heterocycles. The molecule has 0 bridgehead atoms. The topological polar surface area (TPSA) is 12.5 Å². The summed E-state index contributed by atoms with van der Waals surface area (Å²) in [4.78, 5) is 0. The summed E-state index contributed by atoms with van der Waals surface area (Å²) in [6, 6.07) is 0.950. The lowest BCUT2D eigenvalue weighted by molar-refractivity contribution is 0.335. The minimum Gasteiger partial charge on any atom is -0.481 e. The van der Waals surface area contributed by atoms with Crippen LogP contribution in [0.4, 0.5) is 0 Å². The SMILES string of the molecule is COC(=S)SN(C(C)C)C(C)C. The molecular weight excluding hydrogens is 190 g/mol. The van der Waals surface area contributed by atoms with Crippen molar-refractivity contribution in [3.63, 3.8) is 0 Å². The molecule has 0 N–H and O–H groups in total. The Morgan fingerprint density at radius 3 is 1.92 bits per heavy atom. The normalized spacial score (nSPS) is 11.3. The van der Waals surface area contributed by atoms with Gasteiger partial charge in [-0.1, -0.05) is 0 Å². The quantitative estimate of drug-likeness (QED) is 0.521. The minimum atomic E-state index is 0.475. The average Bonchev–Trinajstić information content (AvgIpc) is 1.98. The molecule has 0 unspecified atom stereocenters. The van der Waals surface area contributed by atoms with Gasteiger partial charge in [0.15, 0.2) is 0 Å². The summed E-state index contributed by atoms with van der Waals surface area (Å²) in [6.07, 6.45) is 0. The van der Waals surface area contributed by atoms with Gasteiger partial charge in [0.05, 0.1) is 7.11 Å². The summed E-state index contributed by atoms with van der Waals surface area (Å²) in [6.45, 7) is 8.58. The van der Waals surface area contributed by atoms with Crippen LogP contribution in [0.3, 0.4) is 0 Å². The highest BCUT2D eigenvalue weighted by molar-refractivity contribution is 8.21. The maximum Gasteiger partial charge on any atom is 0.235 e. The van der Waals surface area contributed by atoms with Gasteiger partial charge in [0.2, 0.25) is 4.38 Å². The van der Waals surface area contributed by atoms with Gasteiger partial charge in [0.25, 0.3) is 0 Å². The molecule has 0 aromatic heterocycles. The van der Waals surface area contributed by atoms with Crippen LogP contribution in [0.15, 0.2) is 0 Å². The summed E-state index contributed by atoms with van der Waals surface area (Å²) in [5.41, 5.74) is 0. The highest BCUT2D eigenvalue weighted by Gasteiger charge is 2.16. The summed E-state index contributed by atoms with van der Waals surface area (Å²) in [7, 11) is 1.61. The Morgan fingerprint density at radius 1 is 1.25 bits per heavy atom. The first-order valence-electron chi connectivity index (χ1n) is 4.03. The Kier molecular flexibility index (Phi) is 5.88. The number of hydrogen-bond donors (Lipinski definition) is 0. The second-order valence-corrected chi connectivity index (χ2v) is 4.70. The van der Waals surface area contributed by atoms with Gasteiger partial charge in [-0.25, -0.2) is 4.31 Å². The third kappa shape index (κ3) is 4.28. The van der Waals surface area contributed by atoms with E-state index in [1.807, 2.05) is 0 Å². The molecule has 0 aromatic carbocycles. The lowest BCUT2D eigenvalue weighted by atomic mass is 10.3. The van der Waals surface area contributed by atoms with Crippen LogP contribution in [-0.4, -0.2) is 27.9 Å². The van der Waals surface area contributed by atoms with Crippen LogP contribution in [0.1, 0.15) is 27.7 Å². The number of hydrogen-bond acceptors (Lipinski definition) is 4. The van der Waals surface area contributed by atoms with Crippen LogP contribution in [0.2, 0.25) is 0 Å². The van der Waals surface area contributed by atoms with Gasteiger partial charge in [-0.2, -0.15) is 0 Å². The molecule has 0 saturated carbocycles. The fraction of sp³-hybridized carbons (Fsp3) is 0.875. The van der Waals surface area contributed by atoms with Crippen molar-refractivity contribution < 1.29 is 4.74 Å². The lowest BCUT2D eigenvalue weighted by Gasteiger charge is -2.28. The van der Waals surface area contributed by atoms with Crippen LogP contribution < -0.4 is 0 Å². The molecule has 0 heterocycles. The van der Waals surface area contributed by atoms with E-state index < -0.39 is 0 Å². The van der Waals surface area contributed by atoms with E-state index in [0.29, 0.717) is 16.5 Å². The first-order chi connectivity index (χ1) is 5.49. The molecule has 72 valence electrons. The number of nitrogens with zero attached hydrogens (tertiary/aromatic N) is 1. The fourth-order valence-electron chi connectivity index (χ4n) is 0.930. The number of ether oxygens (including phenoxy) is 1. The van der Waals surface area contributed by atoms with E-state index >= 15 is 0 Å². The molecule has 0 aliphatic heterocycles. The molecule has 12 heavy (non-hydrogen) atoms. The fourth-order valence-corrected chi connectivity index (χ4v) is 1.86. The second-order valence-electron chi connectivity index (χ2n) is 3.09. The van der Waals surface area contributed by atoms with E-state index in [0.717, 1.165) is 0 Å². The first-order valence-corrected chi connectivity index (χ1v) is 5.21. The zero-order chi connectivity index (χ0) is 9.72. The van der Waals surface area contributed by atoms with Crippen molar-refractivity contribution in [2.75, 3.05) is 7.11 Å². The third-order valence-corrected chi connectivity index (χ3v) is 3.12. The van der Waals surface area contributed by atoms with Gasteiger partial charge in [0.1, 0.15) is 0 Å². The van der Waals surface area contributed by atoms with E-state index in [9.17, 15) is 0 Å². The molecule has 0 aliphatic carbocycles. The smallest absolute Gasteiger partial charge is 0.235 e. The summed E-state index contributed by atoms with van der Waals surface area (Å²) in [5.74, 6) is 0. The van der Waals surface area contributed by atoms with Crippen molar-refractivity contribution >= 4 is 28.5 Å². The van der Waals surface area contributed by atoms with Gasteiger partial charge >= 0.3 is 0 Å². The summed E-state index contributed by atoms with van der Waals surface area (Å²) in [5, 5.41) is 0. The van der Waals surface area contributed by atoms with Gasteiger partial charge in [-0.15, -0.1) is 0 Å². The van der Waals surface area contributed by atoms with Crippen LogP contribution in [-0.2, 0) is 4.74 Å². The highest BCUT2D eigenvalue weighted by atomic mass is 32.2. The molecule has 2 nitrogen and oxygen atoms in total. The first kappa shape index (κ1) is 12.2. The van der Waals surface area contributed by atoms with Crippen LogP contribution in [0, 0.1) is 0 Å². The molecule has 0 spiro atoms. The van der Waals surface area contributed by atoms with E-state index in [2.05, 4.69) is 32.0 Å². The van der Waals surface area contributed by atoms with Crippen LogP contribution in [0.25, 0.3) is 0 Å². The Labute approximate surface area is 84.8 Å². The predicted octanol–water partition coefficient (Wildman–Crippen LogP) is 2.68. The molecule has 0 fully saturated rings. The third-order valence-electron chi connectivity index (χ3n) is 1.36. The zero-order valence-electron chi connectivity index (χ0n) is 8.33. The number of methoxy groups -OCH3 is 1. The van der Waals surface area contributed by atoms with E-state index in [4.69, 9.17) is 17.0 Å². The molecule has 0 atom stereocenters. The minimum absolute atomic E-state index is 0.475. The van der Waals surface area contributed by atoms with Crippen molar-refractivity contribution in [2.24, 2.45) is 0 Å². The van der Waals surface area contributed by atoms with E-state index in [1.165, 1.54) is 11.9 Å². The molecule has 4 heteroatoms. The zero-order valence-corrected chi connectivity index (χ0v) is 9.96. The number of rotatable bonds is 3. The van der Waals surface area contributed by atoms with Crippen LogP contribution >= 0.6 is 24.2 Å². The van der Waals surface area contributed by atoms with E-state index in [1.54, 1.807) is 7.11 Å². The molecule has 0 rings (SSSR count). The molecule has 0 aliphatic rings. The maximum atomic E-state index is 4.97. The van der Waals surface area contributed by atoms with Crippen LogP contribution in [0.5, 0.6) is 0 Å². The molecule has 0 amide bonds. The maximum absolute atomic E-state index is 4.97. The van der Waals surface area contributed by atoms with Crippen molar-refractivity contribution in [2.45, 2.75) is 39.8 Å². The average molecular weight is 207 g/mol. The van der Waals surface area contributed by atoms with Crippen molar-refractivity contribution in [3.8, 4) is 0 Å². The number of thiocarbonyl (C=S) groups is 1. The van der Waals surface area contributed by atoms with Gasteiger partial charge < -0.3 is 4.74 Å².